The third kappa shape index (κ3) is 2.75. The summed E-state index contributed by atoms with van der Waals surface area (Å²) in [6, 6.07) is 0. The highest BCUT2D eigenvalue weighted by atomic mass is 15.2. The van der Waals surface area contributed by atoms with E-state index in [0.29, 0.717) is 0 Å². The lowest BCUT2D eigenvalue weighted by atomic mass is 9.77. The lowest BCUT2D eigenvalue weighted by molar-refractivity contribution is 0.248. The fraction of sp³-hybridized carbons (Fsp3) is 0.471. The first-order valence-corrected chi connectivity index (χ1v) is 6.87. The second kappa shape index (κ2) is 5.89. The summed E-state index contributed by atoms with van der Waals surface area (Å²) >= 11 is 0. The lowest BCUT2D eigenvalue weighted by Crippen LogP contribution is -2.49. The molecular formula is C17H24N2. The van der Waals surface area contributed by atoms with Crippen LogP contribution in [0.3, 0.4) is 0 Å². The van der Waals surface area contributed by atoms with Gasteiger partial charge in [0.15, 0.2) is 0 Å². The van der Waals surface area contributed by atoms with Crippen molar-refractivity contribution >= 4 is 0 Å². The second-order valence-corrected chi connectivity index (χ2v) is 5.67. The number of rotatable bonds is 6. The molecule has 19 heavy (non-hydrogen) atoms. The lowest BCUT2D eigenvalue weighted by Gasteiger charge is -2.43. The molecule has 2 heteroatoms. The summed E-state index contributed by atoms with van der Waals surface area (Å²) in [5, 5.41) is 0. The fourth-order valence-electron chi connectivity index (χ4n) is 2.87. The van der Waals surface area contributed by atoms with Gasteiger partial charge in [0, 0.05) is 13.0 Å². The number of hydrogen-bond donors (Lipinski definition) is 0. The van der Waals surface area contributed by atoms with Gasteiger partial charge in [-0.05, 0) is 52.2 Å². The largest absolute Gasteiger partial charge is 0.309 e. The van der Waals surface area contributed by atoms with Crippen molar-refractivity contribution in [2.45, 2.75) is 18.4 Å². The van der Waals surface area contributed by atoms with Crippen LogP contribution in [0.1, 0.15) is 12.8 Å². The third-order valence-electron chi connectivity index (χ3n) is 3.79. The van der Waals surface area contributed by atoms with Crippen LogP contribution in [0.25, 0.3) is 0 Å². The molecule has 0 atom stereocenters. The average Bonchev–Trinajstić information content (AvgIpc) is 3.01. The Morgan fingerprint density at radius 3 is 1.84 bits per heavy atom. The molecule has 0 saturated carbocycles. The Kier molecular flexibility index (Phi) is 4.43. The Labute approximate surface area is 117 Å². The van der Waals surface area contributed by atoms with Crippen LogP contribution in [0.4, 0.5) is 0 Å². The standard InChI is InChI=1S/C17H24N2/c1-18(2)14-13-17(19(3)4,15-9-5-6-10-15)16-11-7-8-12-16/h5-9,11H,10,12,14H2,1-4H3. The van der Waals surface area contributed by atoms with E-state index in [1.807, 2.05) is 0 Å². The van der Waals surface area contributed by atoms with Crippen LogP contribution >= 0.6 is 0 Å². The maximum absolute atomic E-state index is 3.75. The number of allylic oxidation sites excluding steroid dienone is 6. The van der Waals surface area contributed by atoms with E-state index < -0.39 is 0 Å². The van der Waals surface area contributed by atoms with E-state index in [1.54, 1.807) is 0 Å². The van der Waals surface area contributed by atoms with E-state index in [0.717, 1.165) is 19.4 Å². The molecule has 0 amide bonds. The van der Waals surface area contributed by atoms with Crippen LogP contribution < -0.4 is 0 Å². The molecular weight excluding hydrogens is 232 g/mol. The van der Waals surface area contributed by atoms with Gasteiger partial charge in [-0.25, -0.2) is 0 Å². The second-order valence-electron chi connectivity index (χ2n) is 5.67. The molecule has 0 heterocycles. The highest BCUT2D eigenvalue weighted by molar-refractivity contribution is 5.49. The Morgan fingerprint density at radius 2 is 1.53 bits per heavy atom. The zero-order valence-corrected chi connectivity index (χ0v) is 12.5. The number of likely N-dealkylation sites (N-methyl/N-ethyl adjacent to an activating group) is 1. The summed E-state index contributed by atoms with van der Waals surface area (Å²) in [6.07, 6.45) is 19.1. The molecule has 2 aliphatic carbocycles. The first-order chi connectivity index (χ1) is 9.07. The molecule has 0 N–H and O–H groups in total. The highest BCUT2D eigenvalue weighted by Crippen LogP contribution is 2.40. The van der Waals surface area contributed by atoms with Crippen molar-refractivity contribution in [1.29, 1.82) is 0 Å². The summed E-state index contributed by atoms with van der Waals surface area (Å²) in [7, 11) is 8.49. The minimum absolute atomic E-state index is 0.169. The summed E-state index contributed by atoms with van der Waals surface area (Å²) in [4.78, 5) is 4.47. The molecule has 0 aromatic rings. The quantitative estimate of drug-likeness (QED) is 0.721. The molecule has 0 fully saturated rings. The average molecular weight is 256 g/mol. The summed E-state index contributed by atoms with van der Waals surface area (Å²) in [5.74, 6) is 0. The van der Waals surface area contributed by atoms with Gasteiger partial charge in [-0.1, -0.05) is 36.5 Å². The van der Waals surface area contributed by atoms with E-state index in [1.165, 1.54) is 11.1 Å². The summed E-state index contributed by atoms with van der Waals surface area (Å²) < 4.78 is 0. The van der Waals surface area contributed by atoms with Crippen molar-refractivity contribution in [2.75, 3.05) is 34.7 Å². The van der Waals surface area contributed by atoms with Crippen molar-refractivity contribution in [3.63, 3.8) is 0 Å². The van der Waals surface area contributed by atoms with E-state index in [-0.39, 0.29) is 5.54 Å². The van der Waals surface area contributed by atoms with Gasteiger partial charge in [0.2, 0.25) is 0 Å². The Balaban J connectivity index is 2.33. The van der Waals surface area contributed by atoms with Gasteiger partial charge in [-0.3, -0.25) is 4.90 Å². The molecule has 0 saturated heterocycles. The highest BCUT2D eigenvalue weighted by Gasteiger charge is 2.40. The first-order valence-electron chi connectivity index (χ1n) is 6.87. The minimum atomic E-state index is -0.169. The molecule has 0 spiro atoms. The summed E-state index contributed by atoms with van der Waals surface area (Å²) in [5.41, 5.74) is 2.68. The van der Waals surface area contributed by atoms with E-state index >= 15 is 0 Å². The monoisotopic (exact) mass is 256 g/mol. The van der Waals surface area contributed by atoms with Crippen molar-refractivity contribution in [2.24, 2.45) is 0 Å². The van der Waals surface area contributed by atoms with Gasteiger partial charge in [-0.15, -0.1) is 0 Å². The molecule has 0 unspecified atom stereocenters. The van der Waals surface area contributed by atoms with Crippen molar-refractivity contribution in [1.82, 2.24) is 9.80 Å². The van der Waals surface area contributed by atoms with Gasteiger partial charge in [0.1, 0.15) is 0 Å². The minimum Gasteiger partial charge on any atom is -0.309 e. The first kappa shape index (κ1) is 14.3. The Hall–Kier alpha value is -1.12. The fourth-order valence-corrected chi connectivity index (χ4v) is 2.87. The zero-order valence-electron chi connectivity index (χ0n) is 12.5. The van der Waals surface area contributed by atoms with E-state index in [9.17, 15) is 0 Å². The Morgan fingerprint density at radius 1 is 1.00 bits per heavy atom. The molecule has 2 nitrogen and oxygen atoms in total. The molecule has 0 aliphatic heterocycles. The van der Waals surface area contributed by atoms with E-state index in [2.05, 4.69) is 80.9 Å². The van der Waals surface area contributed by atoms with Crippen LogP contribution in [0.15, 0.2) is 47.6 Å². The molecule has 2 aliphatic rings. The normalized spacial score (nSPS) is 18.6. The van der Waals surface area contributed by atoms with Crippen molar-refractivity contribution in [3.05, 3.63) is 54.0 Å². The topological polar surface area (TPSA) is 6.48 Å². The Bertz CT molecular complexity index is 406. The van der Waals surface area contributed by atoms with Crippen molar-refractivity contribution < 1.29 is 0 Å². The SMILES string of the molecule is CN(C)C[C]C(C1=CC=CC1)(C1=CC=CC1)N(C)C. The molecule has 0 aromatic heterocycles. The number of nitrogens with zero attached hydrogens (tertiary/aromatic N) is 2. The smallest absolute Gasteiger partial charge is 0.0725 e. The van der Waals surface area contributed by atoms with Gasteiger partial charge < -0.3 is 4.90 Å². The molecule has 102 valence electrons. The van der Waals surface area contributed by atoms with Gasteiger partial charge >= 0.3 is 0 Å². The molecule has 0 aromatic carbocycles. The maximum Gasteiger partial charge on any atom is 0.0725 e. The van der Waals surface area contributed by atoms with Crippen LogP contribution in [-0.2, 0) is 0 Å². The van der Waals surface area contributed by atoms with E-state index in [4.69, 9.17) is 0 Å². The van der Waals surface area contributed by atoms with Crippen LogP contribution in [-0.4, -0.2) is 50.1 Å². The third-order valence-corrected chi connectivity index (χ3v) is 3.79. The van der Waals surface area contributed by atoms with Crippen LogP contribution in [0, 0.1) is 6.42 Å². The van der Waals surface area contributed by atoms with Crippen LogP contribution in [0.5, 0.6) is 0 Å². The van der Waals surface area contributed by atoms with Gasteiger partial charge in [-0.2, -0.15) is 0 Å². The maximum atomic E-state index is 3.75. The van der Waals surface area contributed by atoms with Gasteiger partial charge in [0.05, 0.1) is 5.54 Å². The predicted molar refractivity (Wildman–Crippen MR) is 81.9 cm³/mol. The zero-order chi connectivity index (χ0) is 13.9. The predicted octanol–water partition coefficient (Wildman–Crippen LogP) is 2.70. The number of hydrogen-bond acceptors (Lipinski definition) is 2. The molecule has 0 bridgehead atoms. The van der Waals surface area contributed by atoms with Crippen LogP contribution in [0.2, 0.25) is 0 Å². The van der Waals surface area contributed by atoms with Crippen molar-refractivity contribution in [3.8, 4) is 0 Å². The van der Waals surface area contributed by atoms with Gasteiger partial charge in [0.25, 0.3) is 0 Å². The molecule has 2 radical (unpaired) electrons. The molecule has 2 rings (SSSR count). The summed E-state index contributed by atoms with van der Waals surface area (Å²) in [6.45, 7) is 0.854.